The summed E-state index contributed by atoms with van der Waals surface area (Å²) in [5.41, 5.74) is 1.83. The molecule has 1 aromatic carbocycles. The average molecular weight is 415 g/mol. The van der Waals surface area contributed by atoms with Gasteiger partial charge in [-0.1, -0.05) is 17.3 Å². The maximum absolute atomic E-state index is 12.8. The fourth-order valence-electron chi connectivity index (χ4n) is 3.05. The van der Waals surface area contributed by atoms with E-state index >= 15 is 0 Å². The molecule has 156 valence electrons. The third-order valence-electron chi connectivity index (χ3n) is 4.82. The van der Waals surface area contributed by atoms with Gasteiger partial charge in [0, 0.05) is 31.8 Å². The number of ether oxygens (including phenoxy) is 1. The smallest absolute Gasteiger partial charge is 0.325 e. The molecule has 11 heteroatoms. The van der Waals surface area contributed by atoms with Crippen molar-refractivity contribution in [1.82, 2.24) is 30.1 Å². The van der Waals surface area contributed by atoms with Crippen LogP contribution < -0.4 is 9.64 Å². The number of carbonyl (C=O) groups is 1. The van der Waals surface area contributed by atoms with Crippen LogP contribution in [0.5, 0.6) is 5.88 Å². The summed E-state index contributed by atoms with van der Waals surface area (Å²) in [5.74, 6) is 0.734. The number of hydrogen-bond acceptors (Lipinski definition) is 6. The Bertz CT molecular complexity index is 1040. The maximum atomic E-state index is 12.8. The Balaban J connectivity index is 1.47. The summed E-state index contributed by atoms with van der Waals surface area (Å²) in [7, 11) is 1.73. The molecule has 0 aliphatic carbocycles. The molecule has 3 aromatic rings. The third-order valence-corrected chi connectivity index (χ3v) is 4.82. The third kappa shape index (κ3) is 3.78. The van der Waals surface area contributed by atoms with Crippen molar-refractivity contribution in [2.24, 2.45) is 0 Å². The van der Waals surface area contributed by atoms with Crippen molar-refractivity contribution in [3.8, 4) is 11.6 Å². The molecule has 1 saturated heterocycles. The van der Waals surface area contributed by atoms with E-state index in [0.717, 1.165) is 0 Å². The summed E-state index contributed by atoms with van der Waals surface area (Å²) in [5, 5.41) is 16.2. The van der Waals surface area contributed by atoms with Gasteiger partial charge in [0.2, 0.25) is 5.88 Å². The summed E-state index contributed by atoms with van der Waals surface area (Å²) >= 11 is 0. The fourth-order valence-corrected chi connectivity index (χ4v) is 3.05. The highest BCUT2D eigenvalue weighted by atomic mass is 19.3. The molecule has 9 nitrogen and oxygen atoms in total. The standard InChI is InChI=1S/C19H19F2N7O2/c1-12-15(28(25-22-12)14-5-3-13(4-6-14)18(20)21)11-30-17-8-7-16(23-24-17)27-10-9-26(2)19(27)29/h3-8,18H,9-11H2,1-2H3. The van der Waals surface area contributed by atoms with Crippen molar-refractivity contribution in [1.29, 1.82) is 0 Å². The molecular weight excluding hydrogens is 396 g/mol. The lowest BCUT2D eigenvalue weighted by Crippen LogP contribution is -2.29. The molecule has 0 bridgehead atoms. The normalized spacial score (nSPS) is 14.1. The molecule has 0 unspecified atom stereocenters. The molecule has 4 rings (SSSR count). The molecule has 0 radical (unpaired) electrons. The van der Waals surface area contributed by atoms with Crippen molar-refractivity contribution < 1.29 is 18.3 Å². The van der Waals surface area contributed by atoms with Crippen molar-refractivity contribution in [3.63, 3.8) is 0 Å². The summed E-state index contributed by atoms with van der Waals surface area (Å²) in [6, 6.07) is 8.99. The molecule has 0 saturated carbocycles. The zero-order chi connectivity index (χ0) is 21.3. The Morgan fingerprint density at radius 1 is 1.07 bits per heavy atom. The van der Waals surface area contributed by atoms with Gasteiger partial charge in [-0.15, -0.1) is 15.3 Å². The van der Waals surface area contributed by atoms with E-state index in [1.165, 1.54) is 16.8 Å². The number of anilines is 1. The summed E-state index contributed by atoms with van der Waals surface area (Å²) in [4.78, 5) is 15.2. The first kappa shape index (κ1) is 19.7. The SMILES string of the molecule is Cc1nnn(-c2ccc(C(F)F)cc2)c1COc1ccc(N2CCN(C)C2=O)nn1. The molecule has 30 heavy (non-hydrogen) atoms. The van der Waals surface area contributed by atoms with E-state index in [1.54, 1.807) is 48.0 Å². The quantitative estimate of drug-likeness (QED) is 0.615. The molecule has 1 aliphatic rings. The van der Waals surface area contributed by atoms with E-state index < -0.39 is 6.43 Å². The van der Waals surface area contributed by atoms with Gasteiger partial charge < -0.3 is 9.64 Å². The maximum Gasteiger partial charge on any atom is 0.325 e. The fraction of sp³-hybridized carbons (Fsp3) is 0.316. The highest BCUT2D eigenvalue weighted by molar-refractivity contribution is 5.92. The van der Waals surface area contributed by atoms with Crippen LogP contribution in [0.1, 0.15) is 23.4 Å². The molecule has 2 amide bonds. The van der Waals surface area contributed by atoms with Gasteiger partial charge in [-0.3, -0.25) is 4.90 Å². The summed E-state index contributed by atoms with van der Waals surface area (Å²) < 4.78 is 32.8. The van der Waals surface area contributed by atoms with Gasteiger partial charge in [-0.2, -0.15) is 0 Å². The van der Waals surface area contributed by atoms with E-state index in [0.29, 0.717) is 36.0 Å². The van der Waals surface area contributed by atoms with Crippen LogP contribution in [0.25, 0.3) is 5.69 Å². The lowest BCUT2D eigenvalue weighted by Gasteiger charge is -2.14. The molecule has 1 aliphatic heterocycles. The number of aryl methyl sites for hydroxylation is 1. The Morgan fingerprint density at radius 2 is 1.83 bits per heavy atom. The summed E-state index contributed by atoms with van der Waals surface area (Å²) in [6.45, 7) is 3.07. The number of amides is 2. The van der Waals surface area contributed by atoms with Gasteiger partial charge in [-0.05, 0) is 25.1 Å². The zero-order valence-corrected chi connectivity index (χ0v) is 16.4. The number of alkyl halides is 2. The average Bonchev–Trinajstić information content (AvgIpc) is 3.29. The highest BCUT2D eigenvalue weighted by Crippen LogP contribution is 2.22. The van der Waals surface area contributed by atoms with Gasteiger partial charge in [0.25, 0.3) is 6.43 Å². The minimum atomic E-state index is -2.53. The number of benzene rings is 1. The van der Waals surface area contributed by atoms with Crippen molar-refractivity contribution in [2.75, 3.05) is 25.0 Å². The van der Waals surface area contributed by atoms with E-state index in [4.69, 9.17) is 4.74 Å². The van der Waals surface area contributed by atoms with E-state index in [1.807, 2.05) is 0 Å². The van der Waals surface area contributed by atoms with Gasteiger partial charge in [-0.25, -0.2) is 18.3 Å². The molecule has 1 fully saturated rings. The number of hydrogen-bond donors (Lipinski definition) is 0. The molecule has 3 heterocycles. The number of halogens is 2. The van der Waals surface area contributed by atoms with Crippen molar-refractivity contribution in [2.45, 2.75) is 20.0 Å². The number of rotatable bonds is 6. The topological polar surface area (TPSA) is 89.3 Å². The van der Waals surface area contributed by atoms with Crippen LogP contribution in [-0.4, -0.2) is 56.3 Å². The van der Waals surface area contributed by atoms with Crippen LogP contribution in [-0.2, 0) is 6.61 Å². The van der Waals surface area contributed by atoms with Gasteiger partial charge in [0.05, 0.1) is 11.4 Å². The molecule has 0 atom stereocenters. The first-order valence-corrected chi connectivity index (χ1v) is 9.23. The van der Waals surface area contributed by atoms with Crippen LogP contribution in [0.4, 0.5) is 19.4 Å². The van der Waals surface area contributed by atoms with Gasteiger partial charge in [0.15, 0.2) is 5.82 Å². The highest BCUT2D eigenvalue weighted by Gasteiger charge is 2.27. The second-order valence-corrected chi connectivity index (χ2v) is 6.80. The Hall–Kier alpha value is -3.63. The minimum absolute atomic E-state index is 0.0635. The largest absolute Gasteiger partial charge is 0.470 e. The van der Waals surface area contributed by atoms with Crippen LogP contribution >= 0.6 is 0 Å². The molecular formula is C19H19F2N7O2. The van der Waals surface area contributed by atoms with Crippen molar-refractivity contribution >= 4 is 11.8 Å². The Morgan fingerprint density at radius 3 is 2.43 bits per heavy atom. The van der Waals surface area contributed by atoms with Crippen LogP contribution in [0.2, 0.25) is 0 Å². The van der Waals surface area contributed by atoms with E-state index in [-0.39, 0.29) is 24.1 Å². The second-order valence-electron chi connectivity index (χ2n) is 6.80. The van der Waals surface area contributed by atoms with Crippen LogP contribution in [0.15, 0.2) is 36.4 Å². The number of carbonyl (C=O) groups excluding carboxylic acids is 1. The molecule has 2 aromatic heterocycles. The lowest BCUT2D eigenvalue weighted by molar-refractivity contribution is 0.151. The number of aromatic nitrogens is 5. The van der Waals surface area contributed by atoms with Gasteiger partial charge >= 0.3 is 6.03 Å². The molecule has 0 spiro atoms. The van der Waals surface area contributed by atoms with E-state index in [2.05, 4.69) is 20.5 Å². The minimum Gasteiger partial charge on any atom is -0.470 e. The van der Waals surface area contributed by atoms with Crippen LogP contribution in [0.3, 0.4) is 0 Å². The first-order chi connectivity index (χ1) is 14.4. The molecule has 0 N–H and O–H groups in total. The number of urea groups is 1. The number of likely N-dealkylation sites (N-methyl/N-ethyl adjacent to an activating group) is 1. The van der Waals surface area contributed by atoms with Crippen LogP contribution in [0, 0.1) is 6.92 Å². The second kappa shape index (κ2) is 8.01. The first-order valence-electron chi connectivity index (χ1n) is 9.23. The predicted octanol–water partition coefficient (Wildman–Crippen LogP) is 2.75. The predicted molar refractivity (Wildman–Crippen MR) is 103 cm³/mol. The van der Waals surface area contributed by atoms with Crippen molar-refractivity contribution in [3.05, 3.63) is 53.3 Å². The lowest BCUT2D eigenvalue weighted by atomic mass is 10.2. The summed E-state index contributed by atoms with van der Waals surface area (Å²) in [6.07, 6.45) is -2.53. The number of nitrogens with zero attached hydrogens (tertiary/aromatic N) is 7. The zero-order valence-electron chi connectivity index (χ0n) is 16.4. The van der Waals surface area contributed by atoms with Gasteiger partial charge in [0.1, 0.15) is 12.3 Å². The Labute approximate surface area is 170 Å². The Kier molecular flexibility index (Phi) is 5.25. The van der Waals surface area contributed by atoms with E-state index in [9.17, 15) is 13.6 Å². The monoisotopic (exact) mass is 415 g/mol.